The van der Waals surface area contributed by atoms with E-state index < -0.39 is 0 Å². The number of aromatic nitrogens is 1. The lowest BCUT2D eigenvalue weighted by Gasteiger charge is -2.43. The number of anilines is 1. The molecule has 2 aromatic rings. The lowest BCUT2D eigenvalue weighted by molar-refractivity contribution is 0.0581. The minimum Gasteiger partial charge on any atom is -0.384 e. The molecule has 2 aliphatic carbocycles. The average molecular weight is 449 g/mol. The normalized spacial score (nSPS) is 23.5. The van der Waals surface area contributed by atoms with Crippen molar-refractivity contribution in [2.45, 2.75) is 50.0 Å². The number of hydrogen-bond acceptors (Lipinski definition) is 4. The van der Waals surface area contributed by atoms with Gasteiger partial charge in [-0.1, -0.05) is 23.7 Å². The Morgan fingerprint density at radius 2 is 1.90 bits per heavy atom. The van der Waals surface area contributed by atoms with Crippen molar-refractivity contribution in [3.05, 3.63) is 58.7 Å². The van der Waals surface area contributed by atoms with Crippen molar-refractivity contribution in [2.24, 2.45) is 11.7 Å². The van der Waals surface area contributed by atoms with Gasteiger partial charge in [-0.3, -0.25) is 4.79 Å². The molecule has 0 unspecified atom stereocenters. The molecule has 162 valence electrons. The average Bonchev–Trinajstić information content (AvgIpc) is 3.56. The number of carbonyl (C=O) groups is 1. The number of rotatable bonds is 6. The summed E-state index contributed by atoms with van der Waals surface area (Å²) in [5.74, 6) is 1.13. The van der Waals surface area contributed by atoms with Gasteiger partial charge in [0.1, 0.15) is 5.82 Å². The van der Waals surface area contributed by atoms with E-state index in [1.165, 1.54) is 18.4 Å². The predicted molar refractivity (Wildman–Crippen MR) is 124 cm³/mol. The number of nitrogens with two attached hydrogens (primary N) is 2. The third-order valence-corrected chi connectivity index (χ3v) is 6.86. The maximum absolute atomic E-state index is 13.3. The van der Waals surface area contributed by atoms with Crippen LogP contribution in [0.4, 0.5) is 5.82 Å². The van der Waals surface area contributed by atoms with Crippen LogP contribution < -0.4 is 11.5 Å². The molecule has 1 heterocycles. The number of pyridine rings is 1. The molecule has 2 fully saturated rings. The Bertz CT molecular complexity index is 862. The van der Waals surface area contributed by atoms with Gasteiger partial charge in [-0.05, 0) is 74.3 Å². The van der Waals surface area contributed by atoms with E-state index in [9.17, 15) is 4.79 Å². The molecule has 2 aliphatic rings. The largest absolute Gasteiger partial charge is 0.384 e. The minimum atomic E-state index is -0.0571. The molecule has 4 N–H and O–H groups in total. The summed E-state index contributed by atoms with van der Waals surface area (Å²) in [5, 5.41) is 0.749. The van der Waals surface area contributed by atoms with Crippen LogP contribution in [0.2, 0.25) is 5.02 Å². The van der Waals surface area contributed by atoms with Gasteiger partial charge in [0.2, 0.25) is 0 Å². The number of carbonyl (C=O) groups excluding carboxylic acids is 1. The molecule has 0 saturated heterocycles. The first-order valence-electron chi connectivity index (χ1n) is 10.5. The fraction of sp³-hybridized carbons (Fsp3) is 0.478. The molecular weight excluding hydrogens is 419 g/mol. The molecule has 0 spiro atoms. The van der Waals surface area contributed by atoms with Crippen LogP contribution in [-0.4, -0.2) is 34.9 Å². The summed E-state index contributed by atoms with van der Waals surface area (Å²) < 4.78 is 0. The van der Waals surface area contributed by atoms with E-state index in [-0.39, 0.29) is 29.8 Å². The zero-order valence-electron chi connectivity index (χ0n) is 17.1. The predicted octanol–water partition coefficient (Wildman–Crippen LogP) is 4.43. The fourth-order valence-electron chi connectivity index (χ4n) is 4.57. The molecule has 1 aromatic heterocycles. The molecule has 5 nitrogen and oxygen atoms in total. The highest BCUT2D eigenvalue weighted by molar-refractivity contribution is 6.30. The molecule has 2 saturated carbocycles. The first kappa shape index (κ1) is 22.9. The molecule has 30 heavy (non-hydrogen) atoms. The maximum Gasteiger partial charge on any atom is 0.255 e. The molecule has 1 aromatic carbocycles. The molecule has 0 radical (unpaired) electrons. The molecule has 0 aliphatic heterocycles. The van der Waals surface area contributed by atoms with Crippen LogP contribution in [0.25, 0.3) is 0 Å². The molecular formula is C23H30Cl2N4O. The summed E-state index contributed by atoms with van der Waals surface area (Å²) in [5.41, 5.74) is 13.7. The first-order chi connectivity index (χ1) is 14.0. The number of hydrogen-bond donors (Lipinski definition) is 2. The SMILES string of the molecule is Cl.NC[C@]1(c2cccc(Cl)c2)CC[C@@H](N(CC2CC2)C(=O)c2ccc(N)nc2)CC1. The van der Waals surface area contributed by atoms with Crippen LogP contribution in [0, 0.1) is 5.92 Å². The highest BCUT2D eigenvalue weighted by atomic mass is 35.5. The molecule has 0 bridgehead atoms. The molecule has 4 rings (SSSR count). The van der Waals surface area contributed by atoms with Gasteiger partial charge < -0.3 is 16.4 Å². The van der Waals surface area contributed by atoms with Crippen LogP contribution >= 0.6 is 24.0 Å². The monoisotopic (exact) mass is 448 g/mol. The second-order valence-corrected chi connectivity index (χ2v) is 9.04. The summed E-state index contributed by atoms with van der Waals surface area (Å²) >= 11 is 6.24. The van der Waals surface area contributed by atoms with Crippen molar-refractivity contribution in [2.75, 3.05) is 18.8 Å². The zero-order valence-corrected chi connectivity index (χ0v) is 18.7. The van der Waals surface area contributed by atoms with E-state index >= 15 is 0 Å². The summed E-state index contributed by atoms with van der Waals surface area (Å²) in [6.45, 7) is 1.43. The Morgan fingerprint density at radius 1 is 1.17 bits per heavy atom. The summed E-state index contributed by atoms with van der Waals surface area (Å²) in [7, 11) is 0. The van der Waals surface area contributed by atoms with Gasteiger partial charge in [-0.25, -0.2) is 4.98 Å². The summed E-state index contributed by atoms with van der Waals surface area (Å²) in [6.07, 6.45) is 7.84. The third kappa shape index (κ3) is 4.90. The van der Waals surface area contributed by atoms with Gasteiger partial charge in [0.25, 0.3) is 5.91 Å². The number of benzene rings is 1. The van der Waals surface area contributed by atoms with E-state index in [0.29, 0.717) is 23.8 Å². The van der Waals surface area contributed by atoms with Gasteiger partial charge in [0.05, 0.1) is 5.56 Å². The Balaban J connectivity index is 0.00000256. The second kappa shape index (κ2) is 9.54. The number of amides is 1. The fourth-order valence-corrected chi connectivity index (χ4v) is 4.76. The van der Waals surface area contributed by atoms with Crippen molar-refractivity contribution >= 4 is 35.7 Å². The topological polar surface area (TPSA) is 85.2 Å². The van der Waals surface area contributed by atoms with E-state index in [0.717, 1.165) is 37.3 Å². The van der Waals surface area contributed by atoms with Crippen molar-refractivity contribution < 1.29 is 4.79 Å². The van der Waals surface area contributed by atoms with Crippen molar-refractivity contribution in [1.29, 1.82) is 0 Å². The first-order valence-corrected chi connectivity index (χ1v) is 10.9. The highest BCUT2D eigenvalue weighted by Crippen LogP contribution is 2.42. The lowest BCUT2D eigenvalue weighted by atomic mass is 9.68. The smallest absolute Gasteiger partial charge is 0.255 e. The summed E-state index contributed by atoms with van der Waals surface area (Å²) in [4.78, 5) is 19.5. The summed E-state index contributed by atoms with van der Waals surface area (Å²) in [6, 6.07) is 11.8. The van der Waals surface area contributed by atoms with E-state index in [1.807, 2.05) is 18.2 Å². The van der Waals surface area contributed by atoms with Crippen LogP contribution in [0.1, 0.15) is 54.4 Å². The molecule has 7 heteroatoms. The Morgan fingerprint density at radius 3 is 2.47 bits per heavy atom. The van der Waals surface area contributed by atoms with Crippen LogP contribution in [0.3, 0.4) is 0 Å². The minimum absolute atomic E-state index is 0. The van der Waals surface area contributed by atoms with Crippen LogP contribution in [-0.2, 0) is 5.41 Å². The quantitative estimate of drug-likeness (QED) is 0.683. The van der Waals surface area contributed by atoms with Gasteiger partial charge in [0, 0.05) is 35.8 Å². The van der Waals surface area contributed by atoms with Crippen molar-refractivity contribution in [3.63, 3.8) is 0 Å². The number of nitrogen functional groups attached to an aromatic ring is 1. The molecule has 1 amide bonds. The number of nitrogens with zero attached hydrogens (tertiary/aromatic N) is 2. The molecule has 0 atom stereocenters. The van der Waals surface area contributed by atoms with Crippen molar-refractivity contribution in [1.82, 2.24) is 9.88 Å². The van der Waals surface area contributed by atoms with Gasteiger partial charge >= 0.3 is 0 Å². The van der Waals surface area contributed by atoms with E-state index in [4.69, 9.17) is 23.1 Å². The van der Waals surface area contributed by atoms with Gasteiger partial charge in [0.15, 0.2) is 0 Å². The van der Waals surface area contributed by atoms with E-state index in [2.05, 4.69) is 16.0 Å². The van der Waals surface area contributed by atoms with Crippen molar-refractivity contribution in [3.8, 4) is 0 Å². The third-order valence-electron chi connectivity index (χ3n) is 6.63. The standard InChI is InChI=1S/C23H29ClN4O.ClH/c24-19-3-1-2-18(12-19)23(15-25)10-8-20(9-11-23)28(14-16-4-5-16)22(29)17-6-7-21(26)27-13-17;/h1-3,6-7,12-13,16,20H,4-5,8-11,14-15,25H2,(H2,26,27);1H/t20-,23+;. The van der Waals surface area contributed by atoms with Gasteiger partial charge in [-0.2, -0.15) is 0 Å². The van der Waals surface area contributed by atoms with Crippen LogP contribution in [0.15, 0.2) is 42.6 Å². The van der Waals surface area contributed by atoms with Crippen LogP contribution in [0.5, 0.6) is 0 Å². The Labute approximate surface area is 189 Å². The second-order valence-electron chi connectivity index (χ2n) is 8.60. The zero-order chi connectivity index (χ0) is 20.4. The Kier molecular flexibility index (Phi) is 7.27. The lowest BCUT2D eigenvalue weighted by Crippen LogP contribution is -2.48. The number of halogens is 2. The maximum atomic E-state index is 13.3. The Hall–Kier alpha value is -1.82. The van der Waals surface area contributed by atoms with Gasteiger partial charge in [-0.15, -0.1) is 12.4 Å². The van der Waals surface area contributed by atoms with E-state index in [1.54, 1.807) is 18.3 Å². The highest BCUT2D eigenvalue weighted by Gasteiger charge is 2.40.